The first kappa shape index (κ1) is 24.2. The zero-order valence-corrected chi connectivity index (χ0v) is 19.1. The van der Waals surface area contributed by atoms with Crippen LogP contribution < -0.4 is 10.6 Å². The van der Waals surface area contributed by atoms with Crippen molar-refractivity contribution in [2.24, 2.45) is 0 Å². The minimum atomic E-state index is -4.91. The van der Waals surface area contributed by atoms with Crippen molar-refractivity contribution in [1.29, 1.82) is 0 Å². The number of anilines is 1. The third-order valence-electron chi connectivity index (χ3n) is 4.10. The number of hydrogen-bond donors (Lipinski definition) is 3. The molecular weight excluding hydrogens is 482 g/mol. The van der Waals surface area contributed by atoms with Crippen molar-refractivity contribution < 1.29 is 36.9 Å². The molecule has 2 aromatic rings. The molecule has 0 aliphatic carbocycles. The van der Waals surface area contributed by atoms with E-state index in [1.54, 1.807) is 20.8 Å². The molecule has 2 atom stereocenters. The van der Waals surface area contributed by atoms with Crippen molar-refractivity contribution in [2.75, 3.05) is 5.32 Å². The quantitative estimate of drug-likeness (QED) is 0.190. The van der Waals surface area contributed by atoms with Gasteiger partial charge in [-0.25, -0.2) is 19.1 Å². The van der Waals surface area contributed by atoms with E-state index in [0.717, 1.165) is 11.3 Å². The molecule has 0 bridgehead atoms. The Hall–Kier alpha value is -3.44. The van der Waals surface area contributed by atoms with Crippen molar-refractivity contribution >= 4 is 50.5 Å². The molecule has 3 rings (SSSR count). The van der Waals surface area contributed by atoms with Gasteiger partial charge in [0.05, 0.1) is 12.6 Å². The Labute approximate surface area is 191 Å². The largest absolute Gasteiger partial charge is 0.444 e. The molecule has 178 valence electrons. The third kappa shape index (κ3) is 5.68. The molecule has 33 heavy (non-hydrogen) atoms. The van der Waals surface area contributed by atoms with Crippen LogP contribution in [0.4, 0.5) is 9.93 Å². The Morgan fingerprint density at radius 1 is 1.30 bits per heavy atom. The Balaban J connectivity index is 1.67. The van der Waals surface area contributed by atoms with E-state index in [-0.39, 0.29) is 21.7 Å². The Morgan fingerprint density at radius 3 is 2.58 bits per heavy atom. The van der Waals surface area contributed by atoms with Crippen LogP contribution in [0.15, 0.2) is 18.0 Å². The first-order chi connectivity index (χ1) is 15.3. The normalized spacial score (nSPS) is 18.4. The number of hydrogen-bond acceptors (Lipinski definition) is 11. The van der Waals surface area contributed by atoms with Crippen molar-refractivity contribution in [2.45, 2.75) is 45.0 Å². The number of ether oxygens (including phenoxy) is 1. The van der Waals surface area contributed by atoms with Crippen molar-refractivity contribution in [3.63, 3.8) is 0 Å². The molecule has 17 heteroatoms. The number of β-lactam (4-membered cyclic amide) rings is 1. The second-order valence-electron chi connectivity index (χ2n) is 7.74. The maximum Gasteiger partial charge on any atom is 0.413 e. The van der Waals surface area contributed by atoms with Crippen LogP contribution in [0, 0.1) is 0 Å². The highest BCUT2D eigenvalue weighted by Gasteiger charge is 2.54. The van der Waals surface area contributed by atoms with Gasteiger partial charge in [-0.3, -0.25) is 28.9 Å². The van der Waals surface area contributed by atoms with Gasteiger partial charge in [0.2, 0.25) is 0 Å². The SMILES string of the molecule is CC(C)(C)OC(=O)Nc1nc(C(=O)C(=O)NC2C(=O)N(S(=O)(=O)O)C2Cn2cncn2)cs1. The second-order valence-corrected chi connectivity index (χ2v) is 9.89. The van der Waals surface area contributed by atoms with Crippen molar-refractivity contribution in [1.82, 2.24) is 29.4 Å². The van der Waals surface area contributed by atoms with Crippen LogP contribution in [0.25, 0.3) is 0 Å². The zero-order valence-electron chi connectivity index (χ0n) is 17.5. The van der Waals surface area contributed by atoms with E-state index in [9.17, 15) is 32.1 Å². The predicted octanol–water partition coefficient (Wildman–Crippen LogP) is -0.537. The van der Waals surface area contributed by atoms with E-state index in [4.69, 9.17) is 4.74 Å². The summed E-state index contributed by atoms with van der Waals surface area (Å²) in [6, 6.07) is -2.67. The molecule has 2 unspecified atom stereocenters. The number of amides is 3. The maximum atomic E-state index is 12.4. The Morgan fingerprint density at radius 2 is 2.00 bits per heavy atom. The molecule has 3 N–H and O–H groups in total. The third-order valence-corrected chi connectivity index (χ3v) is 5.80. The van der Waals surface area contributed by atoms with E-state index in [2.05, 4.69) is 25.7 Å². The summed E-state index contributed by atoms with van der Waals surface area (Å²) >= 11 is 0.866. The minimum absolute atomic E-state index is 0.00160. The van der Waals surface area contributed by atoms with E-state index < -0.39 is 51.7 Å². The molecule has 2 aromatic heterocycles. The number of ketones is 1. The van der Waals surface area contributed by atoms with Crippen molar-refractivity contribution in [3.05, 3.63) is 23.7 Å². The lowest BCUT2D eigenvalue weighted by Crippen LogP contribution is -2.73. The fraction of sp³-hybridized carbons (Fsp3) is 0.438. The van der Waals surface area contributed by atoms with Crippen molar-refractivity contribution in [3.8, 4) is 0 Å². The van der Waals surface area contributed by atoms with Crippen LogP contribution >= 0.6 is 11.3 Å². The first-order valence-corrected chi connectivity index (χ1v) is 11.5. The van der Waals surface area contributed by atoms with Crippen LogP contribution in [0.3, 0.4) is 0 Å². The zero-order chi connectivity index (χ0) is 24.6. The minimum Gasteiger partial charge on any atom is -0.444 e. The average molecular weight is 502 g/mol. The number of thiazole rings is 1. The summed E-state index contributed by atoms with van der Waals surface area (Å²) in [6.07, 6.45) is 1.60. The molecule has 3 heterocycles. The number of nitrogens with one attached hydrogen (secondary N) is 2. The molecule has 0 spiro atoms. The highest BCUT2D eigenvalue weighted by molar-refractivity contribution is 7.84. The summed E-state index contributed by atoms with van der Waals surface area (Å²) in [5.74, 6) is -3.49. The standard InChI is InChI=1S/C16H19N7O8S2/c1-16(2,3)31-15(27)21-14-19-8(5-32-14)11(24)12(25)20-10-9(4-22-7-17-6-18-22)23(13(10)26)33(28,29)30/h5-7,9-10H,4H2,1-3H3,(H,20,25)(H,19,21,27)(H,28,29,30). The fourth-order valence-corrected chi connectivity index (χ4v) is 4.36. The number of Topliss-reactive ketones (excluding diaryl/α,β-unsaturated/α-hetero) is 1. The van der Waals surface area contributed by atoms with E-state index in [0.29, 0.717) is 0 Å². The molecule has 1 saturated heterocycles. The average Bonchev–Trinajstić information content (AvgIpc) is 3.34. The smallest absolute Gasteiger partial charge is 0.413 e. The number of nitrogens with zero attached hydrogens (tertiary/aromatic N) is 5. The first-order valence-electron chi connectivity index (χ1n) is 9.20. The summed E-state index contributed by atoms with van der Waals surface area (Å²) in [6.45, 7) is 4.75. The Kier molecular flexibility index (Phi) is 6.48. The van der Waals surface area contributed by atoms with Crippen LogP contribution in [-0.2, 0) is 31.2 Å². The van der Waals surface area contributed by atoms with E-state index >= 15 is 0 Å². The lowest BCUT2D eigenvalue weighted by atomic mass is 9.98. The van der Waals surface area contributed by atoms with Crippen LogP contribution in [0.2, 0.25) is 0 Å². The van der Waals surface area contributed by atoms with Gasteiger partial charge in [0.25, 0.3) is 17.6 Å². The van der Waals surface area contributed by atoms with Gasteiger partial charge < -0.3 is 10.1 Å². The number of aromatic nitrogens is 4. The molecule has 3 amide bonds. The molecule has 1 aliphatic heterocycles. The van der Waals surface area contributed by atoms with Gasteiger partial charge in [-0.2, -0.15) is 13.5 Å². The molecular formula is C16H19N7O8S2. The van der Waals surface area contributed by atoms with Gasteiger partial charge in [-0.15, -0.1) is 11.3 Å². The van der Waals surface area contributed by atoms with Gasteiger partial charge in [-0.1, -0.05) is 0 Å². The summed E-state index contributed by atoms with van der Waals surface area (Å²) in [4.78, 5) is 56.4. The van der Waals surface area contributed by atoms with E-state index in [1.807, 2.05) is 0 Å². The number of carbonyl (C=O) groups is 4. The van der Waals surface area contributed by atoms with Gasteiger partial charge in [0.15, 0.2) is 5.13 Å². The molecule has 1 aliphatic rings. The summed E-state index contributed by atoms with van der Waals surface area (Å²) in [5, 5.41) is 9.48. The molecule has 0 aromatic carbocycles. The van der Waals surface area contributed by atoms with E-state index in [1.165, 1.54) is 22.7 Å². The fourth-order valence-electron chi connectivity index (χ4n) is 2.81. The lowest BCUT2D eigenvalue weighted by molar-refractivity contribution is -0.145. The monoisotopic (exact) mass is 501 g/mol. The molecule has 1 fully saturated rings. The summed E-state index contributed by atoms with van der Waals surface area (Å²) in [5.41, 5.74) is -1.07. The summed E-state index contributed by atoms with van der Waals surface area (Å²) < 4.78 is 38.7. The topological polar surface area (TPSA) is 203 Å². The van der Waals surface area contributed by atoms with Gasteiger partial charge >= 0.3 is 16.4 Å². The maximum absolute atomic E-state index is 12.4. The number of rotatable bonds is 7. The predicted molar refractivity (Wildman–Crippen MR) is 110 cm³/mol. The van der Waals surface area contributed by atoms with Crippen LogP contribution in [0.5, 0.6) is 0 Å². The summed E-state index contributed by atoms with van der Waals surface area (Å²) in [7, 11) is -4.91. The van der Waals surface area contributed by atoms with Crippen LogP contribution in [0.1, 0.15) is 31.3 Å². The molecule has 15 nitrogen and oxygen atoms in total. The highest BCUT2D eigenvalue weighted by atomic mass is 32.2. The highest BCUT2D eigenvalue weighted by Crippen LogP contribution is 2.25. The van der Waals surface area contributed by atoms with Gasteiger partial charge in [0, 0.05) is 5.38 Å². The van der Waals surface area contributed by atoms with Gasteiger partial charge in [0.1, 0.15) is 30.0 Å². The van der Waals surface area contributed by atoms with Crippen LogP contribution in [-0.4, -0.2) is 78.4 Å². The molecule has 0 saturated carbocycles. The lowest BCUT2D eigenvalue weighted by Gasteiger charge is -2.43. The molecule has 0 radical (unpaired) electrons. The number of carbonyl (C=O) groups excluding carboxylic acids is 4. The van der Waals surface area contributed by atoms with Gasteiger partial charge in [-0.05, 0) is 20.8 Å². The second kappa shape index (κ2) is 8.83. The Bertz CT molecular complexity index is 1190.